The van der Waals surface area contributed by atoms with Gasteiger partial charge in [-0.05, 0) is 45.7 Å². The number of ether oxygens (including phenoxy) is 4. The van der Waals surface area contributed by atoms with E-state index in [2.05, 4.69) is 15.3 Å². The normalized spacial score (nSPS) is 18.5. The number of amides is 1. The van der Waals surface area contributed by atoms with Gasteiger partial charge in [-0.15, -0.1) is 0 Å². The van der Waals surface area contributed by atoms with E-state index in [0.717, 1.165) is 19.4 Å². The van der Waals surface area contributed by atoms with Gasteiger partial charge in [0.05, 0.1) is 23.5 Å². The maximum absolute atomic E-state index is 14.7. The summed E-state index contributed by atoms with van der Waals surface area (Å²) in [5.74, 6) is 0.897. The monoisotopic (exact) mass is 488 g/mol. The van der Waals surface area contributed by atoms with E-state index in [-0.39, 0.29) is 30.1 Å². The first-order chi connectivity index (χ1) is 16.9. The highest BCUT2D eigenvalue weighted by atomic mass is 19.1. The van der Waals surface area contributed by atoms with Crippen molar-refractivity contribution >= 4 is 17.6 Å². The average molecular weight is 489 g/mol. The molecule has 2 aliphatic heterocycles. The molecule has 10 heteroatoms. The summed E-state index contributed by atoms with van der Waals surface area (Å²) in [7, 11) is 0. The third-order valence-corrected chi connectivity index (χ3v) is 6.01. The number of halogens is 1. The second-order valence-corrected chi connectivity index (χ2v) is 9.10. The van der Waals surface area contributed by atoms with Gasteiger partial charge in [-0.1, -0.05) is 0 Å². The van der Waals surface area contributed by atoms with Gasteiger partial charge in [0.15, 0.2) is 0 Å². The number of aromatic nitrogens is 2. The molecule has 3 heterocycles. The van der Waals surface area contributed by atoms with Gasteiger partial charge in [-0.2, -0.15) is 0 Å². The largest absolute Gasteiger partial charge is 0.491 e. The lowest BCUT2D eigenvalue weighted by Crippen LogP contribution is -2.42. The van der Waals surface area contributed by atoms with Gasteiger partial charge >= 0.3 is 6.09 Å². The molecule has 2 fully saturated rings. The molecular formula is C25H33FN4O5. The zero-order valence-corrected chi connectivity index (χ0v) is 20.5. The fraction of sp³-hybridized carbons (Fsp3) is 0.560. The van der Waals surface area contributed by atoms with Crippen LogP contribution in [-0.2, 0) is 9.47 Å². The fourth-order valence-corrected chi connectivity index (χ4v) is 4.05. The van der Waals surface area contributed by atoms with E-state index < -0.39 is 5.82 Å². The van der Waals surface area contributed by atoms with Gasteiger partial charge in [-0.25, -0.2) is 19.2 Å². The van der Waals surface area contributed by atoms with Crippen molar-refractivity contribution in [1.29, 1.82) is 0 Å². The first-order valence-electron chi connectivity index (χ1n) is 12.1. The van der Waals surface area contributed by atoms with Crippen molar-refractivity contribution in [1.82, 2.24) is 14.9 Å². The van der Waals surface area contributed by atoms with Crippen molar-refractivity contribution in [2.24, 2.45) is 0 Å². The predicted molar refractivity (Wildman–Crippen MR) is 128 cm³/mol. The first kappa shape index (κ1) is 25.0. The number of carbonyl (C=O) groups is 1. The molecule has 0 saturated carbocycles. The minimum atomic E-state index is -0.448. The Hall–Kier alpha value is -3.14. The minimum Gasteiger partial charge on any atom is -0.491 e. The lowest BCUT2D eigenvalue weighted by molar-refractivity contribution is 0.0505. The van der Waals surface area contributed by atoms with Crippen molar-refractivity contribution < 1.29 is 28.1 Å². The Morgan fingerprint density at radius 3 is 2.74 bits per heavy atom. The standard InChI is InChI=1S/C25H33FN4O5/c1-16(2)34-25(31)30-10-8-18(9-11-30)35-24-17(3)23(27-15-28-24)29-22-7-6-19(13-21(22)26)33-14-20-5-4-12-32-20/h6-7,13,15-16,18,20H,4-5,8-12,14H2,1-3H3,(H,27,28,29). The van der Waals surface area contributed by atoms with Crippen LogP contribution in [-0.4, -0.2) is 65.6 Å². The number of benzene rings is 1. The highest BCUT2D eigenvalue weighted by Crippen LogP contribution is 2.29. The number of rotatable bonds is 8. The van der Waals surface area contributed by atoms with Gasteiger partial charge in [0.1, 0.15) is 36.4 Å². The van der Waals surface area contributed by atoms with Crippen LogP contribution in [0.4, 0.5) is 20.7 Å². The highest BCUT2D eigenvalue weighted by molar-refractivity contribution is 5.68. The molecule has 0 spiro atoms. The first-order valence-corrected chi connectivity index (χ1v) is 12.1. The van der Waals surface area contributed by atoms with Crippen LogP contribution in [0.2, 0.25) is 0 Å². The quantitative estimate of drug-likeness (QED) is 0.576. The van der Waals surface area contributed by atoms with Crippen molar-refractivity contribution in [3.05, 3.63) is 35.9 Å². The molecular weight excluding hydrogens is 455 g/mol. The van der Waals surface area contributed by atoms with E-state index in [0.29, 0.717) is 55.5 Å². The molecule has 1 aromatic carbocycles. The number of carbonyl (C=O) groups excluding carboxylic acids is 1. The molecule has 1 N–H and O–H groups in total. The Balaban J connectivity index is 1.33. The van der Waals surface area contributed by atoms with Gasteiger partial charge in [0.2, 0.25) is 5.88 Å². The second kappa shape index (κ2) is 11.5. The van der Waals surface area contributed by atoms with Crippen molar-refractivity contribution in [3.8, 4) is 11.6 Å². The third-order valence-electron chi connectivity index (χ3n) is 6.01. The van der Waals surface area contributed by atoms with E-state index in [1.165, 1.54) is 12.4 Å². The topological polar surface area (TPSA) is 95.0 Å². The van der Waals surface area contributed by atoms with Gasteiger partial charge in [0, 0.05) is 38.6 Å². The maximum Gasteiger partial charge on any atom is 0.410 e. The molecule has 2 aromatic rings. The molecule has 4 rings (SSSR count). The summed E-state index contributed by atoms with van der Waals surface area (Å²) in [5, 5.41) is 3.03. The second-order valence-electron chi connectivity index (χ2n) is 9.10. The summed E-state index contributed by atoms with van der Waals surface area (Å²) in [5.41, 5.74) is 0.950. The van der Waals surface area contributed by atoms with E-state index in [1.54, 1.807) is 17.0 Å². The zero-order valence-electron chi connectivity index (χ0n) is 20.5. The number of anilines is 2. The highest BCUT2D eigenvalue weighted by Gasteiger charge is 2.26. The summed E-state index contributed by atoms with van der Waals surface area (Å²) < 4.78 is 37.3. The number of nitrogens with one attached hydrogen (secondary N) is 1. The predicted octanol–water partition coefficient (Wildman–Crippen LogP) is 4.61. The molecule has 9 nitrogen and oxygen atoms in total. The van der Waals surface area contributed by atoms with Crippen molar-refractivity contribution in [3.63, 3.8) is 0 Å². The zero-order chi connectivity index (χ0) is 24.8. The van der Waals surface area contributed by atoms with Gasteiger partial charge < -0.3 is 29.2 Å². The number of hydrogen-bond acceptors (Lipinski definition) is 8. The molecule has 35 heavy (non-hydrogen) atoms. The van der Waals surface area contributed by atoms with Crippen LogP contribution < -0.4 is 14.8 Å². The molecule has 1 amide bonds. The van der Waals surface area contributed by atoms with Crippen LogP contribution in [0, 0.1) is 12.7 Å². The SMILES string of the molecule is Cc1c(Nc2ccc(OCC3CCCO3)cc2F)ncnc1OC1CCN(C(=O)OC(C)C)CC1. The van der Waals surface area contributed by atoms with Gasteiger partial charge in [0.25, 0.3) is 0 Å². The summed E-state index contributed by atoms with van der Waals surface area (Å²) in [6.45, 7) is 7.76. The molecule has 1 atom stereocenters. The minimum absolute atomic E-state index is 0.0686. The van der Waals surface area contributed by atoms with Crippen LogP contribution >= 0.6 is 0 Å². The van der Waals surface area contributed by atoms with E-state index in [1.807, 2.05) is 20.8 Å². The Morgan fingerprint density at radius 2 is 2.06 bits per heavy atom. The van der Waals surface area contributed by atoms with Crippen LogP contribution in [0.1, 0.15) is 45.1 Å². The van der Waals surface area contributed by atoms with E-state index in [9.17, 15) is 9.18 Å². The van der Waals surface area contributed by atoms with Crippen LogP contribution in [0.5, 0.6) is 11.6 Å². The lowest BCUT2D eigenvalue weighted by atomic mass is 10.1. The molecule has 0 radical (unpaired) electrons. The summed E-state index contributed by atoms with van der Waals surface area (Å²) in [6, 6.07) is 4.68. The summed E-state index contributed by atoms with van der Waals surface area (Å²) in [6.07, 6.45) is 4.25. The average Bonchev–Trinajstić information content (AvgIpc) is 3.35. The van der Waals surface area contributed by atoms with E-state index >= 15 is 0 Å². The molecule has 2 aliphatic rings. The van der Waals surface area contributed by atoms with Crippen LogP contribution in [0.25, 0.3) is 0 Å². The maximum atomic E-state index is 14.7. The van der Waals surface area contributed by atoms with Crippen LogP contribution in [0.3, 0.4) is 0 Å². The Kier molecular flexibility index (Phi) is 8.22. The molecule has 1 unspecified atom stereocenters. The molecule has 0 aliphatic carbocycles. The Bertz CT molecular complexity index is 1010. The molecule has 1 aromatic heterocycles. The number of nitrogens with zero attached hydrogens (tertiary/aromatic N) is 3. The number of likely N-dealkylation sites (tertiary alicyclic amines) is 1. The molecule has 190 valence electrons. The van der Waals surface area contributed by atoms with Crippen LogP contribution in [0.15, 0.2) is 24.5 Å². The number of hydrogen-bond donors (Lipinski definition) is 1. The molecule has 2 saturated heterocycles. The summed E-state index contributed by atoms with van der Waals surface area (Å²) in [4.78, 5) is 22.3. The molecule has 0 bridgehead atoms. The fourth-order valence-electron chi connectivity index (χ4n) is 4.05. The third kappa shape index (κ3) is 6.72. The smallest absolute Gasteiger partial charge is 0.410 e. The summed E-state index contributed by atoms with van der Waals surface area (Å²) >= 11 is 0. The van der Waals surface area contributed by atoms with Crippen molar-refractivity contribution in [2.75, 3.05) is 31.6 Å². The Labute approximate surface area is 204 Å². The lowest BCUT2D eigenvalue weighted by Gasteiger charge is -2.32. The number of piperidine rings is 1. The van der Waals surface area contributed by atoms with E-state index in [4.69, 9.17) is 18.9 Å². The Morgan fingerprint density at radius 1 is 1.26 bits per heavy atom. The van der Waals surface area contributed by atoms with Crippen molar-refractivity contribution in [2.45, 2.75) is 64.8 Å². The van der Waals surface area contributed by atoms with Gasteiger partial charge in [-0.3, -0.25) is 0 Å².